The van der Waals surface area contributed by atoms with Gasteiger partial charge in [-0.25, -0.2) is 0 Å². The first-order chi connectivity index (χ1) is 10.1. The van der Waals surface area contributed by atoms with Crippen molar-refractivity contribution in [3.63, 3.8) is 0 Å². The minimum absolute atomic E-state index is 0.322. The summed E-state index contributed by atoms with van der Waals surface area (Å²) in [5.41, 5.74) is 0.922. The maximum absolute atomic E-state index is 6.13. The van der Waals surface area contributed by atoms with E-state index in [4.69, 9.17) is 25.8 Å². The molecule has 1 aliphatic heterocycles. The van der Waals surface area contributed by atoms with Crippen LogP contribution in [0.5, 0.6) is 5.75 Å². The molecule has 2 aliphatic rings. The molecule has 116 valence electrons. The fourth-order valence-corrected chi connectivity index (χ4v) is 4.05. The average molecular weight is 377 g/mol. The maximum Gasteiger partial charge on any atom is 0.168 e. The lowest BCUT2D eigenvalue weighted by molar-refractivity contribution is -0.177. The van der Waals surface area contributed by atoms with Crippen LogP contribution >= 0.6 is 27.5 Å². The van der Waals surface area contributed by atoms with E-state index in [1.165, 1.54) is 0 Å². The van der Waals surface area contributed by atoms with E-state index >= 15 is 0 Å². The molecule has 1 aromatic carbocycles. The van der Waals surface area contributed by atoms with Gasteiger partial charge < -0.3 is 19.5 Å². The first-order valence-corrected chi connectivity index (χ1v) is 8.36. The molecule has 2 fully saturated rings. The SMILES string of the molecule is COc1c(Br)cc(Cl)cc1NC1CCC2(CC1)OCCO2. The lowest BCUT2D eigenvalue weighted by Crippen LogP contribution is -2.39. The van der Waals surface area contributed by atoms with Crippen molar-refractivity contribution < 1.29 is 14.2 Å². The fraction of sp³-hybridized carbons (Fsp3) is 0.600. The number of hydrogen-bond donors (Lipinski definition) is 1. The van der Waals surface area contributed by atoms with Crippen molar-refractivity contribution in [2.75, 3.05) is 25.6 Å². The summed E-state index contributed by atoms with van der Waals surface area (Å²) >= 11 is 9.61. The van der Waals surface area contributed by atoms with E-state index < -0.39 is 0 Å². The Hall–Kier alpha value is -0.490. The maximum atomic E-state index is 6.13. The molecule has 1 saturated carbocycles. The van der Waals surface area contributed by atoms with Gasteiger partial charge in [-0.15, -0.1) is 0 Å². The van der Waals surface area contributed by atoms with Gasteiger partial charge in [-0.05, 0) is 40.9 Å². The lowest BCUT2D eigenvalue weighted by Gasteiger charge is -2.36. The molecule has 4 nitrogen and oxygen atoms in total. The third kappa shape index (κ3) is 3.31. The van der Waals surface area contributed by atoms with E-state index in [0.717, 1.165) is 41.6 Å². The predicted octanol–water partition coefficient (Wildman–Crippen LogP) is 4.21. The Kier molecular flexibility index (Phi) is 4.64. The molecular weight excluding hydrogens is 358 g/mol. The molecule has 0 radical (unpaired) electrons. The topological polar surface area (TPSA) is 39.7 Å². The molecule has 3 rings (SSSR count). The lowest BCUT2D eigenvalue weighted by atomic mass is 9.90. The van der Waals surface area contributed by atoms with Crippen LogP contribution in [0.15, 0.2) is 16.6 Å². The molecule has 1 spiro atoms. The number of rotatable bonds is 3. The molecule has 0 amide bonds. The van der Waals surface area contributed by atoms with Crippen molar-refractivity contribution in [1.82, 2.24) is 0 Å². The largest absolute Gasteiger partial charge is 0.493 e. The highest BCUT2D eigenvalue weighted by atomic mass is 79.9. The minimum Gasteiger partial charge on any atom is -0.493 e. The Balaban J connectivity index is 1.68. The number of methoxy groups -OCH3 is 1. The van der Waals surface area contributed by atoms with Gasteiger partial charge in [0.25, 0.3) is 0 Å². The molecule has 6 heteroatoms. The summed E-state index contributed by atoms with van der Waals surface area (Å²) < 4.78 is 17.8. The van der Waals surface area contributed by atoms with Crippen molar-refractivity contribution in [3.05, 3.63) is 21.6 Å². The summed E-state index contributed by atoms with van der Waals surface area (Å²) in [6, 6.07) is 4.11. The van der Waals surface area contributed by atoms with Gasteiger partial charge in [-0.2, -0.15) is 0 Å². The van der Waals surface area contributed by atoms with E-state index in [9.17, 15) is 0 Å². The van der Waals surface area contributed by atoms with Crippen LogP contribution in [0.4, 0.5) is 5.69 Å². The van der Waals surface area contributed by atoms with Gasteiger partial charge in [0, 0.05) is 23.9 Å². The monoisotopic (exact) mass is 375 g/mol. The summed E-state index contributed by atoms with van der Waals surface area (Å²) in [6.07, 6.45) is 3.87. The van der Waals surface area contributed by atoms with Crippen molar-refractivity contribution in [2.45, 2.75) is 37.5 Å². The molecule has 21 heavy (non-hydrogen) atoms. The standard InChI is InChI=1S/C15H19BrClNO3/c1-19-14-12(16)8-10(17)9-13(14)18-11-2-4-15(5-3-11)20-6-7-21-15/h8-9,11,18H,2-7H2,1H3. The molecule has 0 atom stereocenters. The van der Waals surface area contributed by atoms with Crippen LogP contribution in [-0.2, 0) is 9.47 Å². The number of nitrogens with one attached hydrogen (secondary N) is 1. The fourth-order valence-electron chi connectivity index (χ4n) is 3.08. The zero-order valence-electron chi connectivity index (χ0n) is 12.0. The molecule has 1 aliphatic carbocycles. The number of anilines is 1. The highest BCUT2D eigenvalue weighted by molar-refractivity contribution is 9.10. The molecule has 0 aromatic heterocycles. The number of benzene rings is 1. The second kappa shape index (κ2) is 6.32. The summed E-state index contributed by atoms with van der Waals surface area (Å²) in [4.78, 5) is 0. The molecule has 1 saturated heterocycles. The van der Waals surface area contributed by atoms with Crippen LogP contribution in [0.3, 0.4) is 0 Å². The smallest absolute Gasteiger partial charge is 0.168 e. The van der Waals surface area contributed by atoms with Gasteiger partial charge in [0.05, 0.1) is 30.5 Å². The summed E-state index contributed by atoms with van der Waals surface area (Å²) in [5.74, 6) is 0.463. The third-order valence-electron chi connectivity index (χ3n) is 4.13. The number of halogens is 2. The Labute approximate surface area is 138 Å². The zero-order chi connectivity index (χ0) is 14.9. The van der Waals surface area contributed by atoms with Crippen molar-refractivity contribution in [3.8, 4) is 5.75 Å². The van der Waals surface area contributed by atoms with Crippen LogP contribution in [-0.4, -0.2) is 32.2 Å². The zero-order valence-corrected chi connectivity index (χ0v) is 14.3. The molecule has 1 aromatic rings. The molecular formula is C15H19BrClNO3. The predicted molar refractivity (Wildman–Crippen MR) is 86.2 cm³/mol. The van der Waals surface area contributed by atoms with E-state index in [1.807, 2.05) is 12.1 Å². The Morgan fingerprint density at radius 1 is 1.29 bits per heavy atom. The molecule has 1 heterocycles. The van der Waals surface area contributed by atoms with Crippen molar-refractivity contribution >= 4 is 33.2 Å². The van der Waals surface area contributed by atoms with Gasteiger partial charge in [0.1, 0.15) is 0 Å². The number of hydrogen-bond acceptors (Lipinski definition) is 4. The second-order valence-electron chi connectivity index (χ2n) is 5.49. The highest BCUT2D eigenvalue weighted by Gasteiger charge is 2.40. The van der Waals surface area contributed by atoms with Crippen LogP contribution in [0.2, 0.25) is 5.02 Å². The molecule has 1 N–H and O–H groups in total. The van der Waals surface area contributed by atoms with Gasteiger partial charge in [0.15, 0.2) is 11.5 Å². The summed E-state index contributed by atoms with van der Waals surface area (Å²) in [7, 11) is 1.66. The Morgan fingerprint density at radius 2 is 1.95 bits per heavy atom. The normalized spacial score (nSPS) is 21.7. The van der Waals surface area contributed by atoms with Crippen LogP contribution in [0, 0.1) is 0 Å². The van der Waals surface area contributed by atoms with Crippen LogP contribution in [0.1, 0.15) is 25.7 Å². The first kappa shape index (κ1) is 15.4. The van der Waals surface area contributed by atoms with E-state index in [0.29, 0.717) is 24.3 Å². The van der Waals surface area contributed by atoms with E-state index in [1.54, 1.807) is 7.11 Å². The summed E-state index contributed by atoms with van der Waals surface area (Å²) in [6.45, 7) is 1.43. The second-order valence-corrected chi connectivity index (χ2v) is 6.79. The minimum atomic E-state index is -0.322. The first-order valence-electron chi connectivity index (χ1n) is 7.19. The quantitative estimate of drug-likeness (QED) is 0.858. The molecule has 0 bridgehead atoms. The third-order valence-corrected chi connectivity index (χ3v) is 4.94. The molecule has 0 unspecified atom stereocenters. The van der Waals surface area contributed by atoms with Crippen molar-refractivity contribution in [1.29, 1.82) is 0 Å². The van der Waals surface area contributed by atoms with E-state index in [2.05, 4.69) is 21.2 Å². The van der Waals surface area contributed by atoms with Gasteiger partial charge >= 0.3 is 0 Å². The van der Waals surface area contributed by atoms with E-state index in [-0.39, 0.29) is 5.79 Å². The average Bonchev–Trinajstić information content (AvgIpc) is 2.90. The Morgan fingerprint density at radius 3 is 2.57 bits per heavy atom. The number of ether oxygens (including phenoxy) is 3. The van der Waals surface area contributed by atoms with Crippen LogP contribution < -0.4 is 10.1 Å². The highest BCUT2D eigenvalue weighted by Crippen LogP contribution is 2.40. The van der Waals surface area contributed by atoms with Gasteiger partial charge in [0.2, 0.25) is 0 Å². The van der Waals surface area contributed by atoms with Gasteiger partial charge in [-0.1, -0.05) is 11.6 Å². The van der Waals surface area contributed by atoms with Crippen LogP contribution in [0.25, 0.3) is 0 Å². The Bertz CT molecular complexity index is 510. The van der Waals surface area contributed by atoms with Gasteiger partial charge in [-0.3, -0.25) is 0 Å². The van der Waals surface area contributed by atoms with Crippen molar-refractivity contribution in [2.24, 2.45) is 0 Å². The summed E-state index contributed by atoms with van der Waals surface area (Å²) in [5, 5.41) is 4.22.